The van der Waals surface area contributed by atoms with E-state index in [9.17, 15) is 5.26 Å². The monoisotopic (exact) mass is 251 g/mol. The number of benzene rings is 1. The van der Waals surface area contributed by atoms with Gasteiger partial charge in [0.2, 0.25) is 0 Å². The van der Waals surface area contributed by atoms with Crippen molar-refractivity contribution >= 4 is 11.0 Å². The van der Waals surface area contributed by atoms with E-state index in [-0.39, 0.29) is 0 Å². The number of hydrogen-bond donors (Lipinski definition) is 0. The topological polar surface area (TPSA) is 59.4 Å². The van der Waals surface area contributed by atoms with Crippen LogP contribution in [0.4, 0.5) is 0 Å². The van der Waals surface area contributed by atoms with Crippen LogP contribution in [0, 0.1) is 25.2 Å². The molecule has 0 unspecified atom stereocenters. The maximum Gasteiger partial charge on any atom is 0.155 e. The zero-order valence-corrected chi connectivity index (χ0v) is 11.0. The van der Waals surface area contributed by atoms with E-state index in [1.54, 1.807) is 4.68 Å². The Balaban J connectivity index is 2.44. The molecular formula is C14H13N5. The molecule has 1 aromatic carbocycles. The van der Waals surface area contributed by atoms with Crippen LogP contribution in [-0.2, 0) is 7.05 Å². The minimum atomic E-state index is 0.591. The fourth-order valence-electron chi connectivity index (χ4n) is 2.45. The van der Waals surface area contributed by atoms with Gasteiger partial charge in [-0.1, -0.05) is 12.1 Å². The van der Waals surface area contributed by atoms with Crippen LogP contribution in [0.15, 0.2) is 24.3 Å². The maximum absolute atomic E-state index is 9.34. The van der Waals surface area contributed by atoms with Crippen molar-refractivity contribution in [3.05, 3.63) is 41.3 Å². The zero-order chi connectivity index (χ0) is 13.6. The third-order valence-electron chi connectivity index (χ3n) is 3.24. The van der Waals surface area contributed by atoms with Crippen LogP contribution >= 0.6 is 0 Å². The second-order valence-corrected chi connectivity index (χ2v) is 4.50. The quantitative estimate of drug-likeness (QED) is 0.666. The van der Waals surface area contributed by atoms with Crippen molar-refractivity contribution < 1.29 is 0 Å². The lowest BCUT2D eigenvalue weighted by Gasteiger charge is -2.07. The van der Waals surface area contributed by atoms with Crippen LogP contribution in [0.2, 0.25) is 0 Å². The van der Waals surface area contributed by atoms with E-state index in [1.165, 1.54) is 0 Å². The van der Waals surface area contributed by atoms with Gasteiger partial charge >= 0.3 is 0 Å². The van der Waals surface area contributed by atoms with Gasteiger partial charge in [0, 0.05) is 7.05 Å². The SMILES string of the molecule is Cc1nn(C)c(-n2c(C)nc3ccccc32)c1C#N. The van der Waals surface area contributed by atoms with E-state index < -0.39 is 0 Å². The van der Waals surface area contributed by atoms with Crippen molar-refractivity contribution in [3.63, 3.8) is 0 Å². The van der Waals surface area contributed by atoms with Crippen LogP contribution in [0.25, 0.3) is 16.9 Å². The highest BCUT2D eigenvalue weighted by Crippen LogP contribution is 2.24. The number of aromatic nitrogens is 4. The first-order chi connectivity index (χ1) is 9.13. The lowest BCUT2D eigenvalue weighted by molar-refractivity contribution is 0.720. The molecule has 2 aromatic heterocycles. The number of fused-ring (bicyclic) bond motifs is 1. The number of aryl methyl sites for hydroxylation is 3. The number of imidazole rings is 1. The summed E-state index contributed by atoms with van der Waals surface area (Å²) >= 11 is 0. The molecule has 2 heterocycles. The average Bonchev–Trinajstić information content (AvgIpc) is 2.84. The summed E-state index contributed by atoms with van der Waals surface area (Å²) in [5.74, 6) is 1.62. The van der Waals surface area contributed by atoms with Gasteiger partial charge in [-0.2, -0.15) is 10.4 Å². The molecule has 0 spiro atoms. The molecular weight excluding hydrogens is 238 g/mol. The number of rotatable bonds is 1. The summed E-state index contributed by atoms with van der Waals surface area (Å²) in [5, 5.41) is 13.7. The second-order valence-electron chi connectivity index (χ2n) is 4.50. The van der Waals surface area contributed by atoms with Gasteiger partial charge in [-0.3, -0.25) is 9.25 Å². The summed E-state index contributed by atoms with van der Waals surface area (Å²) in [6, 6.07) is 10.1. The van der Waals surface area contributed by atoms with Crippen LogP contribution in [0.5, 0.6) is 0 Å². The molecule has 0 aliphatic heterocycles. The van der Waals surface area contributed by atoms with Gasteiger partial charge in [-0.05, 0) is 26.0 Å². The Kier molecular flexibility index (Phi) is 2.39. The number of hydrogen-bond acceptors (Lipinski definition) is 3. The number of nitrogens with zero attached hydrogens (tertiary/aromatic N) is 5. The molecule has 5 heteroatoms. The van der Waals surface area contributed by atoms with Crippen molar-refractivity contribution in [3.8, 4) is 11.9 Å². The van der Waals surface area contributed by atoms with Gasteiger partial charge in [0.25, 0.3) is 0 Å². The van der Waals surface area contributed by atoms with E-state index in [0.717, 1.165) is 28.4 Å². The van der Waals surface area contributed by atoms with Crippen molar-refractivity contribution in [2.75, 3.05) is 0 Å². The first-order valence-corrected chi connectivity index (χ1v) is 6.01. The smallest absolute Gasteiger partial charge is 0.155 e. The highest BCUT2D eigenvalue weighted by atomic mass is 15.3. The molecule has 94 valence electrons. The molecule has 0 atom stereocenters. The molecule has 0 N–H and O–H groups in total. The molecule has 3 aromatic rings. The first-order valence-electron chi connectivity index (χ1n) is 6.01. The zero-order valence-electron chi connectivity index (χ0n) is 11.0. The van der Waals surface area contributed by atoms with Gasteiger partial charge in [-0.15, -0.1) is 0 Å². The Morgan fingerprint density at radius 2 is 1.95 bits per heavy atom. The highest BCUT2D eigenvalue weighted by molar-refractivity contribution is 5.78. The van der Waals surface area contributed by atoms with Gasteiger partial charge < -0.3 is 0 Å². The van der Waals surface area contributed by atoms with Crippen molar-refractivity contribution in [2.45, 2.75) is 13.8 Å². The van der Waals surface area contributed by atoms with Crippen molar-refractivity contribution in [2.24, 2.45) is 7.05 Å². The lowest BCUT2D eigenvalue weighted by Crippen LogP contribution is -2.06. The van der Waals surface area contributed by atoms with Crippen LogP contribution < -0.4 is 0 Å². The third kappa shape index (κ3) is 1.54. The Morgan fingerprint density at radius 1 is 1.21 bits per heavy atom. The molecule has 0 aliphatic rings. The summed E-state index contributed by atoms with van der Waals surface area (Å²) in [6.07, 6.45) is 0. The lowest BCUT2D eigenvalue weighted by atomic mass is 10.2. The van der Waals surface area contributed by atoms with Crippen LogP contribution in [0.1, 0.15) is 17.1 Å². The summed E-state index contributed by atoms with van der Waals surface area (Å²) in [5.41, 5.74) is 3.23. The molecule has 0 radical (unpaired) electrons. The van der Waals surface area contributed by atoms with Crippen molar-refractivity contribution in [1.82, 2.24) is 19.3 Å². The summed E-state index contributed by atoms with van der Waals surface area (Å²) in [4.78, 5) is 4.53. The van der Waals surface area contributed by atoms with Gasteiger partial charge in [-0.25, -0.2) is 4.98 Å². The van der Waals surface area contributed by atoms with E-state index in [1.807, 2.05) is 49.7 Å². The normalized spacial score (nSPS) is 10.8. The molecule has 0 saturated carbocycles. The molecule has 0 bridgehead atoms. The minimum Gasteiger partial charge on any atom is -0.280 e. The fourth-order valence-corrected chi connectivity index (χ4v) is 2.45. The molecule has 3 rings (SSSR count). The molecule has 0 saturated heterocycles. The van der Waals surface area contributed by atoms with Crippen LogP contribution in [-0.4, -0.2) is 19.3 Å². The summed E-state index contributed by atoms with van der Waals surface area (Å²) in [6.45, 7) is 3.78. The predicted molar refractivity (Wildman–Crippen MR) is 72.0 cm³/mol. The van der Waals surface area contributed by atoms with Crippen LogP contribution in [0.3, 0.4) is 0 Å². The molecule has 0 aliphatic carbocycles. The standard InChI is InChI=1S/C14H13N5/c1-9-11(8-15)14(18(3)17-9)19-10(2)16-12-6-4-5-7-13(12)19/h4-7H,1-3H3. The molecule has 0 amide bonds. The maximum atomic E-state index is 9.34. The summed E-state index contributed by atoms with van der Waals surface area (Å²) < 4.78 is 3.71. The average molecular weight is 251 g/mol. The Hall–Kier alpha value is -2.61. The van der Waals surface area contributed by atoms with Gasteiger partial charge in [0.15, 0.2) is 5.82 Å². The van der Waals surface area contributed by atoms with E-state index in [2.05, 4.69) is 16.2 Å². The van der Waals surface area contributed by atoms with Gasteiger partial charge in [0.05, 0.1) is 16.7 Å². The highest BCUT2D eigenvalue weighted by Gasteiger charge is 2.18. The van der Waals surface area contributed by atoms with E-state index in [0.29, 0.717) is 5.56 Å². The second kappa shape index (κ2) is 3.95. The third-order valence-corrected chi connectivity index (χ3v) is 3.24. The molecule has 5 nitrogen and oxygen atoms in total. The Morgan fingerprint density at radius 3 is 2.68 bits per heavy atom. The fraction of sp³-hybridized carbons (Fsp3) is 0.214. The Labute approximate surface area is 110 Å². The van der Waals surface area contributed by atoms with Gasteiger partial charge in [0.1, 0.15) is 17.5 Å². The molecule has 0 fully saturated rings. The largest absolute Gasteiger partial charge is 0.280 e. The number of para-hydroxylation sites is 2. The number of nitriles is 1. The predicted octanol–water partition coefficient (Wildman–Crippen LogP) is 2.25. The first kappa shape index (κ1) is 11.5. The molecule has 19 heavy (non-hydrogen) atoms. The van der Waals surface area contributed by atoms with E-state index >= 15 is 0 Å². The Bertz CT molecular complexity index is 816. The minimum absolute atomic E-state index is 0.591. The summed E-state index contributed by atoms with van der Waals surface area (Å²) in [7, 11) is 1.84. The van der Waals surface area contributed by atoms with Crippen molar-refractivity contribution in [1.29, 1.82) is 5.26 Å². The van der Waals surface area contributed by atoms with E-state index in [4.69, 9.17) is 0 Å².